The molecular formula is C37H76ClNO. The first-order valence-electron chi connectivity index (χ1n) is 18.6. The van der Waals surface area contributed by atoms with Crippen molar-refractivity contribution in [2.75, 3.05) is 33.8 Å². The van der Waals surface area contributed by atoms with Crippen molar-refractivity contribution < 1.29 is 21.6 Å². The lowest BCUT2D eigenvalue weighted by atomic mass is 10.0. The summed E-state index contributed by atoms with van der Waals surface area (Å²) in [7, 11) is 4.73. The van der Waals surface area contributed by atoms with Crippen molar-refractivity contribution in [2.45, 2.75) is 206 Å². The Labute approximate surface area is 260 Å². The molecule has 0 bridgehead atoms. The van der Waals surface area contributed by atoms with Crippen molar-refractivity contribution in [3.05, 3.63) is 0 Å². The van der Waals surface area contributed by atoms with Crippen LogP contribution in [0.2, 0.25) is 0 Å². The Morgan fingerprint density at radius 2 is 0.650 bits per heavy atom. The highest BCUT2D eigenvalue weighted by Crippen LogP contribution is 2.18. The lowest BCUT2D eigenvalue weighted by Crippen LogP contribution is -3.00. The minimum absolute atomic E-state index is 0. The van der Waals surface area contributed by atoms with Crippen LogP contribution >= 0.6 is 0 Å². The summed E-state index contributed by atoms with van der Waals surface area (Å²) in [6, 6.07) is 0. The molecule has 1 aliphatic rings. The van der Waals surface area contributed by atoms with E-state index < -0.39 is 0 Å². The molecule has 1 rings (SSSR count). The molecular weight excluding hydrogens is 510 g/mol. The second kappa shape index (κ2) is 30.7. The average Bonchev–Trinajstić information content (AvgIpc) is 3.73. The van der Waals surface area contributed by atoms with E-state index in [0.717, 1.165) is 11.1 Å². The van der Waals surface area contributed by atoms with E-state index in [0.29, 0.717) is 6.10 Å². The van der Waals surface area contributed by atoms with Gasteiger partial charge in [-0.05, 0) is 12.8 Å². The van der Waals surface area contributed by atoms with Crippen LogP contribution in [0.15, 0.2) is 0 Å². The van der Waals surface area contributed by atoms with E-state index in [1.807, 2.05) is 0 Å². The molecule has 1 unspecified atom stereocenters. The van der Waals surface area contributed by atoms with Gasteiger partial charge in [0.2, 0.25) is 0 Å². The molecule has 242 valence electrons. The number of halogens is 1. The Hall–Kier alpha value is 0.210. The molecule has 0 aromatic heterocycles. The second-order valence-electron chi connectivity index (χ2n) is 14.1. The van der Waals surface area contributed by atoms with Gasteiger partial charge >= 0.3 is 0 Å². The topological polar surface area (TPSA) is 12.5 Å². The van der Waals surface area contributed by atoms with Crippen LogP contribution in [0.3, 0.4) is 0 Å². The Bertz CT molecular complexity index is 479. The number of hydrogen-bond acceptors (Lipinski definition) is 1. The van der Waals surface area contributed by atoms with Gasteiger partial charge in [0.05, 0.1) is 27.2 Å². The van der Waals surface area contributed by atoms with Gasteiger partial charge in [0.25, 0.3) is 0 Å². The summed E-state index contributed by atoms with van der Waals surface area (Å²) in [5.41, 5.74) is 0. The molecule has 3 heteroatoms. The second-order valence-corrected chi connectivity index (χ2v) is 14.1. The third-order valence-electron chi connectivity index (χ3n) is 9.22. The van der Waals surface area contributed by atoms with Crippen LogP contribution < -0.4 is 12.4 Å². The summed E-state index contributed by atoms with van der Waals surface area (Å²) >= 11 is 0. The smallest absolute Gasteiger partial charge is 0.130 e. The number of rotatable bonds is 33. The molecule has 0 amide bonds. The van der Waals surface area contributed by atoms with Crippen molar-refractivity contribution in [2.24, 2.45) is 0 Å². The fraction of sp³-hybridized carbons (Fsp3) is 1.00. The van der Waals surface area contributed by atoms with Crippen LogP contribution in [0.5, 0.6) is 0 Å². The van der Waals surface area contributed by atoms with E-state index in [1.54, 1.807) is 0 Å². The zero-order valence-electron chi connectivity index (χ0n) is 28.1. The minimum Gasteiger partial charge on any atom is -1.00 e. The van der Waals surface area contributed by atoms with Gasteiger partial charge in [0.15, 0.2) is 0 Å². The van der Waals surface area contributed by atoms with E-state index in [1.165, 1.54) is 206 Å². The molecule has 0 aromatic carbocycles. The molecule has 1 fully saturated rings. The summed E-state index contributed by atoms with van der Waals surface area (Å²) in [6.07, 6.45) is 44.7. The van der Waals surface area contributed by atoms with Gasteiger partial charge in [-0.15, -0.1) is 0 Å². The molecule has 0 N–H and O–H groups in total. The third-order valence-corrected chi connectivity index (χ3v) is 9.22. The summed E-state index contributed by atoms with van der Waals surface area (Å²) < 4.78 is 6.54. The summed E-state index contributed by atoms with van der Waals surface area (Å²) in [5, 5.41) is 0. The maximum atomic E-state index is 5.40. The van der Waals surface area contributed by atoms with E-state index in [2.05, 4.69) is 21.0 Å². The molecule has 1 aliphatic heterocycles. The molecule has 1 saturated heterocycles. The van der Waals surface area contributed by atoms with E-state index in [9.17, 15) is 0 Å². The monoisotopic (exact) mass is 586 g/mol. The van der Waals surface area contributed by atoms with Gasteiger partial charge in [0, 0.05) is 0 Å². The van der Waals surface area contributed by atoms with E-state index >= 15 is 0 Å². The number of epoxide rings is 1. The van der Waals surface area contributed by atoms with Crippen LogP contribution in [0.4, 0.5) is 0 Å². The fourth-order valence-corrected chi connectivity index (χ4v) is 6.38. The first-order chi connectivity index (χ1) is 19.1. The van der Waals surface area contributed by atoms with Gasteiger partial charge in [-0.1, -0.05) is 187 Å². The number of ether oxygens (including phenoxy) is 1. The fourth-order valence-electron chi connectivity index (χ4n) is 6.38. The SMILES string of the molecule is CCCCCCCCCCCCCCCCCCCCCCCCCCCCCCCC[N+](C)(C)CC1CO1.[Cl-]. The highest BCUT2D eigenvalue weighted by Gasteiger charge is 2.30. The van der Waals surface area contributed by atoms with Crippen LogP contribution in [0, 0.1) is 0 Å². The van der Waals surface area contributed by atoms with Gasteiger partial charge in [-0.2, -0.15) is 0 Å². The quantitative estimate of drug-likeness (QED) is 0.0425. The largest absolute Gasteiger partial charge is 1.00 e. The van der Waals surface area contributed by atoms with Crippen molar-refractivity contribution in [3.63, 3.8) is 0 Å². The zero-order chi connectivity index (χ0) is 28.1. The van der Waals surface area contributed by atoms with Gasteiger partial charge < -0.3 is 21.6 Å². The van der Waals surface area contributed by atoms with E-state index in [-0.39, 0.29) is 12.4 Å². The lowest BCUT2D eigenvalue weighted by Gasteiger charge is -2.29. The number of hydrogen-bond donors (Lipinski definition) is 0. The summed E-state index contributed by atoms with van der Waals surface area (Å²) in [5.74, 6) is 0. The predicted octanol–water partition coefficient (Wildman–Crippen LogP) is 9.19. The molecule has 0 aromatic rings. The van der Waals surface area contributed by atoms with E-state index in [4.69, 9.17) is 4.74 Å². The number of quaternary nitrogens is 1. The van der Waals surface area contributed by atoms with Crippen molar-refractivity contribution in [1.29, 1.82) is 0 Å². The lowest BCUT2D eigenvalue weighted by molar-refractivity contribution is -0.891. The number of nitrogens with zero attached hydrogens (tertiary/aromatic N) is 1. The van der Waals surface area contributed by atoms with Crippen molar-refractivity contribution in [3.8, 4) is 0 Å². The highest BCUT2D eigenvalue weighted by atomic mass is 35.5. The molecule has 1 atom stereocenters. The first kappa shape index (κ1) is 40.2. The number of likely N-dealkylation sites (N-methyl/N-ethyl adjacent to an activating group) is 1. The Balaban J connectivity index is 0.0000152. The average molecular weight is 586 g/mol. The van der Waals surface area contributed by atoms with Gasteiger partial charge in [-0.3, -0.25) is 0 Å². The maximum absolute atomic E-state index is 5.40. The maximum Gasteiger partial charge on any atom is 0.130 e. The Morgan fingerprint density at radius 3 is 0.875 bits per heavy atom. The predicted molar refractivity (Wildman–Crippen MR) is 176 cm³/mol. The summed E-state index contributed by atoms with van der Waals surface area (Å²) in [4.78, 5) is 0. The van der Waals surface area contributed by atoms with Crippen LogP contribution in [-0.2, 0) is 4.74 Å². The molecule has 2 nitrogen and oxygen atoms in total. The van der Waals surface area contributed by atoms with Gasteiger partial charge in [-0.25, -0.2) is 0 Å². The van der Waals surface area contributed by atoms with Crippen molar-refractivity contribution >= 4 is 0 Å². The minimum atomic E-state index is 0. The Kier molecular flexibility index (Phi) is 30.8. The third kappa shape index (κ3) is 31.2. The molecule has 0 spiro atoms. The molecule has 0 aliphatic carbocycles. The normalized spacial score (nSPS) is 14.9. The summed E-state index contributed by atoms with van der Waals surface area (Å²) in [6.45, 7) is 5.84. The highest BCUT2D eigenvalue weighted by molar-refractivity contribution is 4.67. The molecule has 1 heterocycles. The van der Waals surface area contributed by atoms with Crippen LogP contribution in [0.1, 0.15) is 200 Å². The van der Waals surface area contributed by atoms with Crippen molar-refractivity contribution in [1.82, 2.24) is 0 Å². The number of unbranched alkanes of at least 4 members (excludes halogenated alkanes) is 29. The Morgan fingerprint density at radius 1 is 0.425 bits per heavy atom. The molecule has 0 radical (unpaired) electrons. The zero-order valence-corrected chi connectivity index (χ0v) is 28.9. The molecule has 40 heavy (non-hydrogen) atoms. The van der Waals surface area contributed by atoms with Crippen LogP contribution in [-0.4, -0.2) is 44.4 Å². The first-order valence-corrected chi connectivity index (χ1v) is 18.6. The molecule has 0 saturated carbocycles. The van der Waals surface area contributed by atoms with Gasteiger partial charge in [0.1, 0.15) is 12.6 Å². The van der Waals surface area contributed by atoms with Crippen LogP contribution in [0.25, 0.3) is 0 Å². The standard InChI is InChI=1S/C37H76NO.ClH/c1-4-5-6-7-8-9-10-11-12-13-14-15-16-17-18-19-20-21-22-23-24-25-26-27-28-29-30-31-32-33-34-38(2,3)35-37-36-39-37;/h37H,4-36H2,1-3H3;1H/q+1;/p-1.